The largest absolute Gasteiger partial charge is 0.369 e. The Morgan fingerprint density at radius 3 is 2.53 bits per heavy atom. The third-order valence-corrected chi connectivity index (χ3v) is 4.90. The summed E-state index contributed by atoms with van der Waals surface area (Å²) < 4.78 is 0. The van der Waals surface area contributed by atoms with E-state index in [1.165, 1.54) is 17.7 Å². The first-order valence-corrected chi connectivity index (χ1v) is 8.49. The van der Waals surface area contributed by atoms with Crippen LogP contribution in [0.25, 0.3) is 0 Å². The lowest BCUT2D eigenvalue weighted by Gasteiger charge is -2.39. The molecule has 0 amide bonds. The van der Waals surface area contributed by atoms with E-state index < -0.39 is 0 Å². The first-order chi connectivity index (χ1) is 9.15. The van der Waals surface area contributed by atoms with Crippen molar-refractivity contribution in [2.75, 3.05) is 31.1 Å². The number of anilines is 1. The van der Waals surface area contributed by atoms with Crippen LogP contribution in [0.4, 0.5) is 5.69 Å². The molecule has 1 heterocycles. The Hall–Kier alpha value is -0.250. The summed E-state index contributed by atoms with van der Waals surface area (Å²) in [6.45, 7) is 9.04. The van der Waals surface area contributed by atoms with Gasteiger partial charge in [0.1, 0.15) is 0 Å². The van der Waals surface area contributed by atoms with Crippen LogP contribution in [-0.2, 0) is 5.33 Å². The summed E-state index contributed by atoms with van der Waals surface area (Å²) in [5.41, 5.74) is 2.61. The van der Waals surface area contributed by atoms with Gasteiger partial charge in [-0.05, 0) is 31.0 Å². The summed E-state index contributed by atoms with van der Waals surface area (Å²) in [6, 6.07) is 6.87. The molecule has 1 unspecified atom stereocenters. The highest BCUT2D eigenvalue weighted by Crippen LogP contribution is 2.28. The highest BCUT2D eigenvalue weighted by molar-refractivity contribution is 9.08. The monoisotopic (exact) mass is 344 g/mol. The highest BCUT2D eigenvalue weighted by atomic mass is 79.9. The van der Waals surface area contributed by atoms with Gasteiger partial charge in [-0.25, -0.2) is 0 Å². The van der Waals surface area contributed by atoms with Gasteiger partial charge in [0.15, 0.2) is 0 Å². The lowest BCUT2D eigenvalue weighted by atomic mass is 10.1. The quantitative estimate of drug-likeness (QED) is 0.756. The lowest BCUT2D eigenvalue weighted by molar-refractivity contribution is 0.193. The number of nitrogens with zero attached hydrogens (tertiary/aromatic N) is 2. The molecule has 1 saturated heterocycles. The Balaban J connectivity index is 2.07. The molecule has 1 aromatic rings. The van der Waals surface area contributed by atoms with Crippen molar-refractivity contribution in [2.24, 2.45) is 0 Å². The van der Waals surface area contributed by atoms with E-state index in [9.17, 15) is 0 Å². The average Bonchev–Trinajstić information content (AvgIpc) is 2.46. The topological polar surface area (TPSA) is 6.48 Å². The minimum atomic E-state index is 0.692. The van der Waals surface area contributed by atoms with Crippen molar-refractivity contribution in [1.29, 1.82) is 0 Å². The number of piperazine rings is 1. The van der Waals surface area contributed by atoms with Crippen molar-refractivity contribution < 1.29 is 0 Å². The van der Waals surface area contributed by atoms with Gasteiger partial charge >= 0.3 is 0 Å². The van der Waals surface area contributed by atoms with Crippen LogP contribution in [0, 0.1) is 0 Å². The maximum absolute atomic E-state index is 6.14. The number of hydrogen-bond acceptors (Lipinski definition) is 2. The Morgan fingerprint density at radius 1 is 1.26 bits per heavy atom. The first kappa shape index (κ1) is 15.1. The molecular weight excluding hydrogens is 324 g/mol. The van der Waals surface area contributed by atoms with Crippen LogP contribution >= 0.6 is 27.5 Å². The van der Waals surface area contributed by atoms with Crippen LogP contribution < -0.4 is 4.90 Å². The number of alkyl halides is 1. The third kappa shape index (κ3) is 3.65. The molecule has 0 spiro atoms. The van der Waals surface area contributed by atoms with Crippen molar-refractivity contribution in [2.45, 2.75) is 31.6 Å². The summed E-state index contributed by atoms with van der Waals surface area (Å²) >= 11 is 9.71. The molecule has 0 aromatic heterocycles. The maximum Gasteiger partial charge on any atom is 0.0426 e. The predicted octanol–water partition coefficient (Wildman–Crippen LogP) is 4.16. The van der Waals surface area contributed by atoms with Crippen molar-refractivity contribution in [1.82, 2.24) is 4.90 Å². The number of halogens is 2. The number of rotatable bonds is 4. The van der Waals surface area contributed by atoms with E-state index in [1.807, 2.05) is 6.07 Å². The molecule has 4 heteroatoms. The van der Waals surface area contributed by atoms with Gasteiger partial charge in [0.25, 0.3) is 0 Å². The van der Waals surface area contributed by atoms with Crippen LogP contribution in [0.5, 0.6) is 0 Å². The summed E-state index contributed by atoms with van der Waals surface area (Å²) in [4.78, 5) is 5.04. The van der Waals surface area contributed by atoms with E-state index in [-0.39, 0.29) is 0 Å². The molecule has 1 aliphatic rings. The van der Waals surface area contributed by atoms with Gasteiger partial charge < -0.3 is 4.90 Å². The van der Waals surface area contributed by atoms with E-state index in [0.717, 1.165) is 36.5 Å². The highest BCUT2D eigenvalue weighted by Gasteiger charge is 2.21. The van der Waals surface area contributed by atoms with E-state index in [2.05, 4.69) is 51.7 Å². The normalized spacial score (nSPS) is 18.6. The number of hydrogen-bond donors (Lipinski definition) is 0. The molecule has 1 aliphatic heterocycles. The van der Waals surface area contributed by atoms with E-state index >= 15 is 0 Å². The molecule has 0 radical (unpaired) electrons. The second-order valence-corrected chi connectivity index (χ2v) is 6.18. The molecule has 2 rings (SSSR count). The van der Waals surface area contributed by atoms with Crippen molar-refractivity contribution in [3.8, 4) is 0 Å². The zero-order valence-electron chi connectivity index (χ0n) is 11.7. The zero-order chi connectivity index (χ0) is 13.8. The summed E-state index contributed by atoms with van der Waals surface area (Å²) in [6.07, 6.45) is 1.23. The fourth-order valence-corrected chi connectivity index (χ4v) is 3.25. The van der Waals surface area contributed by atoms with Crippen LogP contribution in [-0.4, -0.2) is 37.1 Å². The SMILES string of the molecule is CCC(C)N1CCN(c2cc(Cl)ccc2CBr)CC1. The van der Waals surface area contributed by atoms with Crippen LogP contribution in [0.15, 0.2) is 18.2 Å². The van der Waals surface area contributed by atoms with Gasteiger partial charge in [-0.3, -0.25) is 4.90 Å². The summed E-state index contributed by atoms with van der Waals surface area (Å²) in [7, 11) is 0. The molecule has 0 N–H and O–H groups in total. The molecule has 1 aromatic carbocycles. The van der Waals surface area contributed by atoms with Crippen LogP contribution in [0.2, 0.25) is 5.02 Å². The predicted molar refractivity (Wildman–Crippen MR) is 87.6 cm³/mol. The minimum Gasteiger partial charge on any atom is -0.369 e. The maximum atomic E-state index is 6.14. The average molecular weight is 346 g/mol. The van der Waals surface area contributed by atoms with E-state index in [0.29, 0.717) is 6.04 Å². The number of benzene rings is 1. The summed E-state index contributed by atoms with van der Waals surface area (Å²) in [5.74, 6) is 0. The van der Waals surface area contributed by atoms with Crippen molar-refractivity contribution >= 4 is 33.2 Å². The molecule has 19 heavy (non-hydrogen) atoms. The molecule has 1 atom stereocenters. The van der Waals surface area contributed by atoms with Crippen molar-refractivity contribution in [3.63, 3.8) is 0 Å². The Labute approximate surface area is 129 Å². The van der Waals surface area contributed by atoms with Gasteiger partial charge in [0, 0.05) is 48.3 Å². The van der Waals surface area contributed by atoms with E-state index in [1.54, 1.807) is 0 Å². The fourth-order valence-electron chi connectivity index (χ4n) is 2.61. The van der Waals surface area contributed by atoms with Crippen molar-refractivity contribution in [3.05, 3.63) is 28.8 Å². The molecule has 106 valence electrons. The Kier molecular flexibility index (Phi) is 5.55. The fraction of sp³-hybridized carbons (Fsp3) is 0.600. The molecule has 0 aliphatic carbocycles. The Bertz CT molecular complexity index is 417. The van der Waals surface area contributed by atoms with Crippen LogP contribution in [0.1, 0.15) is 25.8 Å². The smallest absolute Gasteiger partial charge is 0.0426 e. The second-order valence-electron chi connectivity index (χ2n) is 5.19. The minimum absolute atomic E-state index is 0.692. The second kappa shape index (κ2) is 6.96. The third-order valence-electron chi connectivity index (χ3n) is 4.06. The van der Waals surface area contributed by atoms with Gasteiger partial charge in [-0.15, -0.1) is 0 Å². The summed E-state index contributed by atoms with van der Waals surface area (Å²) in [5, 5.41) is 1.70. The van der Waals surface area contributed by atoms with Crippen LogP contribution in [0.3, 0.4) is 0 Å². The lowest BCUT2D eigenvalue weighted by Crippen LogP contribution is -2.49. The molecular formula is C15H22BrClN2. The first-order valence-electron chi connectivity index (χ1n) is 6.99. The molecule has 2 nitrogen and oxygen atoms in total. The molecule has 0 bridgehead atoms. The molecule has 0 saturated carbocycles. The van der Waals surface area contributed by atoms with Gasteiger partial charge in [0.05, 0.1) is 0 Å². The zero-order valence-corrected chi connectivity index (χ0v) is 14.0. The van der Waals surface area contributed by atoms with Gasteiger partial charge in [-0.1, -0.05) is 40.5 Å². The van der Waals surface area contributed by atoms with Gasteiger partial charge in [-0.2, -0.15) is 0 Å². The standard InChI is InChI=1S/C15H22BrClN2/c1-3-12(2)18-6-8-19(9-7-18)15-10-14(17)5-4-13(15)11-16/h4-5,10,12H,3,6-9,11H2,1-2H3. The molecule has 1 fully saturated rings. The Morgan fingerprint density at radius 2 is 1.95 bits per heavy atom. The van der Waals surface area contributed by atoms with Gasteiger partial charge in [0.2, 0.25) is 0 Å². The van der Waals surface area contributed by atoms with E-state index in [4.69, 9.17) is 11.6 Å².